The summed E-state index contributed by atoms with van der Waals surface area (Å²) >= 11 is 1.84. The molecule has 0 amide bonds. The van der Waals surface area contributed by atoms with E-state index in [4.69, 9.17) is 0 Å². The van der Waals surface area contributed by atoms with E-state index in [0.29, 0.717) is 11.8 Å². The molecule has 2 aromatic rings. The molecule has 24 heavy (non-hydrogen) atoms. The predicted octanol–water partition coefficient (Wildman–Crippen LogP) is 2.73. The minimum Gasteiger partial charge on any atom is -0.356 e. The van der Waals surface area contributed by atoms with Crippen molar-refractivity contribution >= 4 is 17.3 Å². The van der Waals surface area contributed by atoms with Crippen molar-refractivity contribution in [3.05, 3.63) is 40.3 Å². The second-order valence-corrected chi connectivity index (χ2v) is 7.73. The van der Waals surface area contributed by atoms with Crippen LogP contribution in [0.2, 0.25) is 0 Å². The number of nitrogens with zero attached hydrogens (tertiary/aromatic N) is 4. The van der Waals surface area contributed by atoms with Gasteiger partial charge in [-0.05, 0) is 35.8 Å². The van der Waals surface area contributed by atoms with E-state index in [-0.39, 0.29) is 0 Å². The summed E-state index contributed by atoms with van der Waals surface area (Å²) in [6.07, 6.45) is 6.41. The molecule has 0 aromatic carbocycles. The molecule has 0 radical (unpaired) electrons. The summed E-state index contributed by atoms with van der Waals surface area (Å²) < 4.78 is 1.89. The highest BCUT2D eigenvalue weighted by atomic mass is 32.1. The van der Waals surface area contributed by atoms with Gasteiger partial charge in [0, 0.05) is 50.7 Å². The topological polar surface area (TPSA) is 45.5 Å². The lowest BCUT2D eigenvalue weighted by molar-refractivity contribution is 0.469. The maximum Gasteiger partial charge on any atom is 0.193 e. The number of aromatic nitrogens is 2. The number of guanidine groups is 1. The molecule has 0 aliphatic carbocycles. The summed E-state index contributed by atoms with van der Waals surface area (Å²) in [5.41, 5.74) is 1.33. The van der Waals surface area contributed by atoms with Crippen molar-refractivity contribution in [1.82, 2.24) is 20.0 Å². The zero-order valence-electron chi connectivity index (χ0n) is 14.8. The SMILES string of the molecule is CN=C(NCC(C)Cc1cccs1)N1CCC(c2cnn(C)c2)C1. The van der Waals surface area contributed by atoms with Crippen molar-refractivity contribution in [3.8, 4) is 0 Å². The van der Waals surface area contributed by atoms with Gasteiger partial charge in [0.1, 0.15) is 0 Å². The second-order valence-electron chi connectivity index (χ2n) is 6.70. The van der Waals surface area contributed by atoms with E-state index >= 15 is 0 Å². The van der Waals surface area contributed by atoms with Gasteiger partial charge < -0.3 is 10.2 Å². The van der Waals surface area contributed by atoms with Crippen LogP contribution >= 0.6 is 11.3 Å². The van der Waals surface area contributed by atoms with E-state index in [2.05, 4.69) is 50.9 Å². The molecule has 3 rings (SSSR count). The Kier molecular flexibility index (Phi) is 5.56. The molecule has 1 saturated heterocycles. The molecule has 0 saturated carbocycles. The van der Waals surface area contributed by atoms with Crippen LogP contribution in [0.4, 0.5) is 0 Å². The van der Waals surface area contributed by atoms with E-state index in [1.54, 1.807) is 0 Å². The third-order valence-electron chi connectivity index (χ3n) is 4.63. The monoisotopic (exact) mass is 345 g/mol. The first-order chi connectivity index (χ1) is 11.7. The third-order valence-corrected chi connectivity index (χ3v) is 5.53. The van der Waals surface area contributed by atoms with Gasteiger partial charge in [-0.15, -0.1) is 11.3 Å². The van der Waals surface area contributed by atoms with Crippen LogP contribution in [0, 0.1) is 5.92 Å². The van der Waals surface area contributed by atoms with E-state index < -0.39 is 0 Å². The van der Waals surface area contributed by atoms with Crippen LogP contribution in [0.1, 0.15) is 29.7 Å². The normalized spacial score (nSPS) is 19.7. The summed E-state index contributed by atoms with van der Waals surface area (Å²) in [6.45, 7) is 5.32. The van der Waals surface area contributed by atoms with E-state index in [1.807, 2.05) is 36.3 Å². The fraction of sp³-hybridized carbons (Fsp3) is 0.556. The average Bonchev–Trinajstić information content (AvgIpc) is 3.29. The van der Waals surface area contributed by atoms with Crippen LogP contribution in [0.5, 0.6) is 0 Å². The Balaban J connectivity index is 1.49. The highest BCUT2D eigenvalue weighted by Crippen LogP contribution is 2.26. The number of nitrogens with one attached hydrogen (secondary N) is 1. The molecular weight excluding hydrogens is 318 g/mol. The first kappa shape index (κ1) is 17.0. The van der Waals surface area contributed by atoms with Gasteiger partial charge in [-0.3, -0.25) is 9.67 Å². The summed E-state index contributed by atoms with van der Waals surface area (Å²) in [7, 11) is 3.86. The molecule has 0 bridgehead atoms. The number of hydrogen-bond donors (Lipinski definition) is 1. The molecule has 2 aromatic heterocycles. The van der Waals surface area contributed by atoms with Crippen molar-refractivity contribution in [3.63, 3.8) is 0 Å². The van der Waals surface area contributed by atoms with Gasteiger partial charge in [-0.2, -0.15) is 5.10 Å². The quantitative estimate of drug-likeness (QED) is 0.669. The van der Waals surface area contributed by atoms with E-state index in [1.165, 1.54) is 10.4 Å². The lowest BCUT2D eigenvalue weighted by Gasteiger charge is -2.23. The molecule has 0 spiro atoms. The summed E-state index contributed by atoms with van der Waals surface area (Å²) in [6, 6.07) is 4.34. The summed E-state index contributed by atoms with van der Waals surface area (Å²) in [4.78, 5) is 8.31. The van der Waals surface area contributed by atoms with Crippen molar-refractivity contribution in [2.75, 3.05) is 26.7 Å². The van der Waals surface area contributed by atoms with Gasteiger partial charge in [0.05, 0.1) is 6.20 Å². The smallest absolute Gasteiger partial charge is 0.193 e. The molecule has 5 nitrogen and oxygen atoms in total. The highest BCUT2D eigenvalue weighted by Gasteiger charge is 2.26. The minimum absolute atomic E-state index is 0.556. The Morgan fingerprint density at radius 2 is 2.42 bits per heavy atom. The number of likely N-dealkylation sites (tertiary alicyclic amines) is 1. The summed E-state index contributed by atoms with van der Waals surface area (Å²) in [5.74, 6) is 2.18. The van der Waals surface area contributed by atoms with Crippen LogP contribution < -0.4 is 5.32 Å². The van der Waals surface area contributed by atoms with Crippen LogP contribution in [0.3, 0.4) is 0 Å². The average molecular weight is 346 g/mol. The number of aryl methyl sites for hydroxylation is 1. The number of thiophene rings is 1. The number of aliphatic imine (C=N–C) groups is 1. The zero-order valence-corrected chi connectivity index (χ0v) is 15.6. The van der Waals surface area contributed by atoms with Crippen molar-refractivity contribution < 1.29 is 0 Å². The first-order valence-electron chi connectivity index (χ1n) is 8.62. The molecule has 1 aliphatic heterocycles. The third kappa shape index (κ3) is 4.17. The fourth-order valence-electron chi connectivity index (χ4n) is 3.32. The fourth-order valence-corrected chi connectivity index (χ4v) is 4.19. The molecule has 3 heterocycles. The molecule has 130 valence electrons. The minimum atomic E-state index is 0.556. The van der Waals surface area contributed by atoms with Crippen molar-refractivity contribution in [2.24, 2.45) is 18.0 Å². The van der Waals surface area contributed by atoms with Crippen molar-refractivity contribution in [2.45, 2.75) is 25.7 Å². The lowest BCUT2D eigenvalue weighted by atomic mass is 10.0. The largest absolute Gasteiger partial charge is 0.356 e. The van der Waals surface area contributed by atoms with Gasteiger partial charge in [0.25, 0.3) is 0 Å². The van der Waals surface area contributed by atoms with Crippen LogP contribution in [-0.4, -0.2) is 47.3 Å². The standard InChI is InChI=1S/C18H27N5S/c1-14(9-17-5-4-8-24-17)10-20-18(19-2)23-7-6-15(13-23)16-11-21-22(3)12-16/h4-5,8,11-12,14-15H,6-7,9-10,13H2,1-3H3,(H,19,20). The predicted molar refractivity (Wildman–Crippen MR) is 101 cm³/mol. The maximum atomic E-state index is 4.49. The Labute approximate surface area is 148 Å². The second kappa shape index (κ2) is 7.83. The van der Waals surface area contributed by atoms with Gasteiger partial charge in [-0.1, -0.05) is 13.0 Å². The van der Waals surface area contributed by atoms with Crippen LogP contribution in [0.15, 0.2) is 34.9 Å². The van der Waals surface area contributed by atoms with Gasteiger partial charge >= 0.3 is 0 Å². The van der Waals surface area contributed by atoms with Crippen LogP contribution in [-0.2, 0) is 13.5 Å². The molecule has 2 atom stereocenters. The molecule has 2 unspecified atom stereocenters. The molecule has 1 fully saturated rings. The molecular formula is C18H27N5S. The maximum absolute atomic E-state index is 4.49. The Morgan fingerprint density at radius 1 is 1.54 bits per heavy atom. The highest BCUT2D eigenvalue weighted by molar-refractivity contribution is 7.09. The van der Waals surface area contributed by atoms with Gasteiger partial charge in [0.15, 0.2) is 5.96 Å². The number of rotatable bonds is 5. The Morgan fingerprint density at radius 3 is 3.08 bits per heavy atom. The van der Waals surface area contributed by atoms with Gasteiger partial charge in [0.2, 0.25) is 0 Å². The zero-order chi connectivity index (χ0) is 16.9. The molecule has 1 aliphatic rings. The first-order valence-corrected chi connectivity index (χ1v) is 9.50. The Bertz CT molecular complexity index is 661. The van der Waals surface area contributed by atoms with Crippen LogP contribution in [0.25, 0.3) is 0 Å². The van der Waals surface area contributed by atoms with E-state index in [0.717, 1.165) is 38.4 Å². The van der Waals surface area contributed by atoms with E-state index in [9.17, 15) is 0 Å². The Hall–Kier alpha value is -1.82. The van der Waals surface area contributed by atoms with Crippen molar-refractivity contribution in [1.29, 1.82) is 0 Å². The summed E-state index contributed by atoms with van der Waals surface area (Å²) in [5, 5.41) is 10.0. The molecule has 1 N–H and O–H groups in total. The van der Waals surface area contributed by atoms with Gasteiger partial charge in [-0.25, -0.2) is 0 Å². The molecule has 6 heteroatoms. The number of hydrogen-bond acceptors (Lipinski definition) is 3. The lowest BCUT2D eigenvalue weighted by Crippen LogP contribution is -2.41.